The van der Waals surface area contributed by atoms with Gasteiger partial charge in [-0.05, 0) is 24.6 Å². The SMILES string of the molecule is Cc1cc(F)c(-n2ccc(CNC(C)C)n2)cc1F. The predicted octanol–water partition coefficient (Wildman–Crippen LogP) is 2.96. The van der Waals surface area contributed by atoms with Crippen molar-refractivity contribution < 1.29 is 8.78 Å². The van der Waals surface area contributed by atoms with Crippen molar-refractivity contribution >= 4 is 0 Å². The summed E-state index contributed by atoms with van der Waals surface area (Å²) < 4.78 is 28.6. The van der Waals surface area contributed by atoms with Crippen molar-refractivity contribution in [2.24, 2.45) is 0 Å². The smallest absolute Gasteiger partial charge is 0.149 e. The van der Waals surface area contributed by atoms with Crippen LogP contribution in [0.15, 0.2) is 24.4 Å². The zero-order valence-electron chi connectivity index (χ0n) is 11.2. The van der Waals surface area contributed by atoms with E-state index in [0.29, 0.717) is 12.6 Å². The molecule has 0 spiro atoms. The van der Waals surface area contributed by atoms with Gasteiger partial charge in [0.2, 0.25) is 0 Å². The van der Waals surface area contributed by atoms with Crippen molar-refractivity contribution in [2.45, 2.75) is 33.4 Å². The molecule has 1 heterocycles. The van der Waals surface area contributed by atoms with E-state index in [4.69, 9.17) is 0 Å². The van der Waals surface area contributed by atoms with Gasteiger partial charge < -0.3 is 5.32 Å². The van der Waals surface area contributed by atoms with Gasteiger partial charge in [0.05, 0.1) is 5.69 Å². The minimum absolute atomic E-state index is 0.124. The minimum Gasteiger partial charge on any atom is -0.309 e. The van der Waals surface area contributed by atoms with E-state index in [1.54, 1.807) is 12.3 Å². The number of rotatable bonds is 4. The van der Waals surface area contributed by atoms with Crippen molar-refractivity contribution in [1.29, 1.82) is 0 Å². The van der Waals surface area contributed by atoms with E-state index < -0.39 is 11.6 Å². The Morgan fingerprint density at radius 1 is 1.26 bits per heavy atom. The topological polar surface area (TPSA) is 29.9 Å². The van der Waals surface area contributed by atoms with Gasteiger partial charge in [-0.2, -0.15) is 5.10 Å². The average Bonchev–Trinajstić information content (AvgIpc) is 2.80. The summed E-state index contributed by atoms with van der Waals surface area (Å²) in [5, 5.41) is 7.45. The molecule has 5 heteroatoms. The molecule has 2 rings (SSSR count). The van der Waals surface area contributed by atoms with Crippen molar-refractivity contribution in [3.05, 3.63) is 47.3 Å². The van der Waals surface area contributed by atoms with Crippen LogP contribution in [0.2, 0.25) is 0 Å². The molecule has 0 saturated heterocycles. The number of hydrogen-bond acceptors (Lipinski definition) is 2. The number of nitrogens with zero attached hydrogens (tertiary/aromatic N) is 2. The first-order chi connectivity index (χ1) is 8.97. The molecule has 1 N–H and O–H groups in total. The molecule has 1 aromatic heterocycles. The van der Waals surface area contributed by atoms with Crippen LogP contribution in [-0.4, -0.2) is 15.8 Å². The molecule has 0 radical (unpaired) electrons. The lowest BCUT2D eigenvalue weighted by Crippen LogP contribution is -2.22. The molecule has 0 saturated carbocycles. The molecule has 0 aliphatic carbocycles. The standard InChI is InChI=1S/C14H17F2N3/c1-9(2)17-8-11-4-5-19(18-11)14-7-12(15)10(3)6-13(14)16/h4-7,9,17H,8H2,1-3H3. The van der Waals surface area contributed by atoms with Gasteiger partial charge in [-0.25, -0.2) is 13.5 Å². The van der Waals surface area contributed by atoms with Gasteiger partial charge in [0.1, 0.15) is 17.3 Å². The van der Waals surface area contributed by atoms with E-state index in [1.165, 1.54) is 17.7 Å². The van der Waals surface area contributed by atoms with Gasteiger partial charge in [0.25, 0.3) is 0 Å². The Morgan fingerprint density at radius 2 is 2.00 bits per heavy atom. The van der Waals surface area contributed by atoms with Crippen molar-refractivity contribution in [3.63, 3.8) is 0 Å². The van der Waals surface area contributed by atoms with Crippen LogP contribution >= 0.6 is 0 Å². The highest BCUT2D eigenvalue weighted by Gasteiger charge is 2.10. The maximum absolute atomic E-state index is 13.8. The first-order valence-corrected chi connectivity index (χ1v) is 6.21. The van der Waals surface area contributed by atoms with Gasteiger partial charge in [0.15, 0.2) is 0 Å². The zero-order valence-corrected chi connectivity index (χ0v) is 11.2. The fourth-order valence-corrected chi connectivity index (χ4v) is 1.71. The third kappa shape index (κ3) is 3.17. The Labute approximate surface area is 111 Å². The summed E-state index contributed by atoms with van der Waals surface area (Å²) in [6, 6.07) is 4.47. The Kier molecular flexibility index (Phi) is 3.95. The molecule has 3 nitrogen and oxygen atoms in total. The number of halogens is 2. The van der Waals surface area contributed by atoms with Gasteiger partial charge in [-0.1, -0.05) is 13.8 Å². The van der Waals surface area contributed by atoms with Gasteiger partial charge in [-0.3, -0.25) is 0 Å². The third-order valence-corrected chi connectivity index (χ3v) is 2.81. The number of nitrogens with one attached hydrogen (secondary N) is 1. The number of aromatic nitrogens is 2. The van der Waals surface area contributed by atoms with E-state index >= 15 is 0 Å². The molecule has 0 amide bonds. The molecule has 19 heavy (non-hydrogen) atoms. The summed E-state index contributed by atoms with van der Waals surface area (Å²) in [7, 11) is 0. The summed E-state index contributed by atoms with van der Waals surface area (Å²) in [5.41, 5.74) is 1.20. The van der Waals surface area contributed by atoms with E-state index in [2.05, 4.69) is 10.4 Å². The molecular weight excluding hydrogens is 248 g/mol. The van der Waals surface area contributed by atoms with Gasteiger partial charge in [0, 0.05) is 24.8 Å². The predicted molar refractivity (Wildman–Crippen MR) is 70.2 cm³/mol. The first-order valence-electron chi connectivity index (χ1n) is 6.21. The Morgan fingerprint density at radius 3 is 2.68 bits per heavy atom. The van der Waals surface area contributed by atoms with E-state index in [1.807, 2.05) is 13.8 Å². The molecule has 2 aromatic rings. The lowest BCUT2D eigenvalue weighted by molar-refractivity contribution is 0.568. The molecule has 0 unspecified atom stereocenters. The van der Waals surface area contributed by atoms with E-state index in [9.17, 15) is 8.78 Å². The highest BCUT2D eigenvalue weighted by molar-refractivity contribution is 5.36. The third-order valence-electron chi connectivity index (χ3n) is 2.81. The van der Waals surface area contributed by atoms with Crippen LogP contribution in [-0.2, 0) is 6.54 Å². The van der Waals surface area contributed by atoms with E-state index in [0.717, 1.165) is 11.8 Å². The fourth-order valence-electron chi connectivity index (χ4n) is 1.71. The molecule has 0 aliphatic rings. The zero-order chi connectivity index (χ0) is 14.0. The normalized spacial score (nSPS) is 11.3. The average molecular weight is 265 g/mol. The molecule has 0 bridgehead atoms. The second kappa shape index (κ2) is 5.48. The molecular formula is C14H17F2N3. The molecule has 102 valence electrons. The summed E-state index contributed by atoms with van der Waals surface area (Å²) in [6.07, 6.45) is 1.63. The van der Waals surface area contributed by atoms with Crippen molar-refractivity contribution in [3.8, 4) is 5.69 Å². The largest absolute Gasteiger partial charge is 0.309 e. The van der Waals surface area contributed by atoms with Crippen LogP contribution in [0.1, 0.15) is 25.1 Å². The number of benzene rings is 1. The molecule has 0 atom stereocenters. The summed E-state index contributed by atoms with van der Waals surface area (Å²) in [5.74, 6) is -0.917. The fraction of sp³-hybridized carbons (Fsp3) is 0.357. The van der Waals surface area contributed by atoms with Gasteiger partial charge in [-0.15, -0.1) is 0 Å². The van der Waals surface area contributed by atoms with Crippen molar-refractivity contribution in [1.82, 2.24) is 15.1 Å². The Hall–Kier alpha value is -1.75. The molecule has 1 aromatic carbocycles. The summed E-state index contributed by atoms with van der Waals surface area (Å²) in [6.45, 7) is 6.20. The van der Waals surface area contributed by atoms with Crippen LogP contribution < -0.4 is 5.32 Å². The Balaban J connectivity index is 2.25. The van der Waals surface area contributed by atoms with Crippen LogP contribution in [0.5, 0.6) is 0 Å². The highest BCUT2D eigenvalue weighted by Crippen LogP contribution is 2.17. The monoisotopic (exact) mass is 265 g/mol. The van der Waals surface area contributed by atoms with Crippen molar-refractivity contribution in [2.75, 3.05) is 0 Å². The quantitative estimate of drug-likeness (QED) is 0.921. The summed E-state index contributed by atoms with van der Waals surface area (Å²) in [4.78, 5) is 0. The van der Waals surface area contributed by atoms with Crippen LogP contribution in [0.25, 0.3) is 5.69 Å². The maximum Gasteiger partial charge on any atom is 0.149 e. The Bertz CT molecular complexity index is 576. The second-order valence-corrected chi connectivity index (χ2v) is 4.84. The van der Waals surface area contributed by atoms with Crippen LogP contribution in [0, 0.1) is 18.6 Å². The molecule has 0 fully saturated rings. The van der Waals surface area contributed by atoms with E-state index in [-0.39, 0.29) is 11.3 Å². The first kappa shape index (κ1) is 13.7. The van der Waals surface area contributed by atoms with Crippen LogP contribution in [0.3, 0.4) is 0 Å². The highest BCUT2D eigenvalue weighted by atomic mass is 19.1. The lowest BCUT2D eigenvalue weighted by atomic mass is 10.2. The summed E-state index contributed by atoms with van der Waals surface area (Å²) >= 11 is 0. The second-order valence-electron chi connectivity index (χ2n) is 4.84. The minimum atomic E-state index is -0.481. The maximum atomic E-state index is 13.8. The number of hydrogen-bond donors (Lipinski definition) is 1. The lowest BCUT2D eigenvalue weighted by Gasteiger charge is -2.06. The van der Waals surface area contributed by atoms with Crippen LogP contribution in [0.4, 0.5) is 8.78 Å². The molecule has 0 aliphatic heterocycles. The number of aryl methyl sites for hydroxylation is 1. The van der Waals surface area contributed by atoms with Gasteiger partial charge >= 0.3 is 0 Å².